The molecule has 0 saturated carbocycles. The number of carbonyl (C=O) groups is 1. The van der Waals surface area contributed by atoms with E-state index in [1.165, 1.54) is 28.3 Å². The lowest BCUT2D eigenvalue weighted by Gasteiger charge is -2.11. The molecule has 0 unspecified atom stereocenters. The molecular formula is C23H31N5O2. The monoisotopic (exact) mass is 409 g/mol. The van der Waals surface area contributed by atoms with Gasteiger partial charge in [0.05, 0.1) is 6.26 Å². The summed E-state index contributed by atoms with van der Waals surface area (Å²) in [7, 11) is 0. The lowest BCUT2D eigenvalue weighted by molar-refractivity contribution is 0.0925. The number of nitrogens with zero attached hydrogens (tertiary/aromatic N) is 1. The zero-order valence-corrected chi connectivity index (χ0v) is 18.0. The Kier molecular flexibility index (Phi) is 7.54. The van der Waals surface area contributed by atoms with E-state index in [1.54, 1.807) is 6.07 Å². The third-order valence-electron chi connectivity index (χ3n) is 5.00. The molecule has 0 fully saturated rings. The van der Waals surface area contributed by atoms with Gasteiger partial charge in [0.15, 0.2) is 11.7 Å². The average Bonchev–Trinajstić information content (AvgIpc) is 3.34. The molecule has 7 nitrogen and oxygen atoms in total. The van der Waals surface area contributed by atoms with Crippen molar-refractivity contribution in [3.05, 3.63) is 59.2 Å². The van der Waals surface area contributed by atoms with E-state index in [2.05, 4.69) is 57.2 Å². The first-order chi connectivity index (χ1) is 14.6. The van der Waals surface area contributed by atoms with Crippen molar-refractivity contribution < 1.29 is 9.21 Å². The van der Waals surface area contributed by atoms with Crippen LogP contribution in [0.1, 0.15) is 40.6 Å². The molecule has 0 aliphatic carbocycles. The van der Waals surface area contributed by atoms with Crippen LogP contribution in [-0.2, 0) is 6.42 Å². The van der Waals surface area contributed by atoms with Crippen molar-refractivity contribution in [3.8, 4) is 0 Å². The Bertz CT molecular complexity index is 1000. The van der Waals surface area contributed by atoms with E-state index < -0.39 is 0 Å². The van der Waals surface area contributed by atoms with E-state index >= 15 is 0 Å². The zero-order valence-electron chi connectivity index (χ0n) is 18.0. The molecule has 1 amide bonds. The molecule has 160 valence electrons. The summed E-state index contributed by atoms with van der Waals surface area (Å²) < 4.78 is 5.20. The van der Waals surface area contributed by atoms with Crippen LogP contribution in [0, 0.1) is 13.8 Å². The number of fused-ring (bicyclic) bond motifs is 1. The molecule has 2 aromatic heterocycles. The molecule has 0 atom stereocenters. The fraction of sp³-hybridized carbons (Fsp3) is 0.391. The number of nitrogens with one attached hydrogen (secondary N) is 4. The average molecular weight is 410 g/mol. The largest absolute Gasteiger partial charge is 0.459 e. The second-order valence-corrected chi connectivity index (χ2v) is 7.29. The van der Waals surface area contributed by atoms with Crippen LogP contribution in [0.3, 0.4) is 0 Å². The first kappa shape index (κ1) is 21.5. The number of para-hydroxylation sites is 1. The van der Waals surface area contributed by atoms with E-state index in [1.807, 2.05) is 13.8 Å². The van der Waals surface area contributed by atoms with Gasteiger partial charge in [0.1, 0.15) is 0 Å². The summed E-state index contributed by atoms with van der Waals surface area (Å²) in [6.45, 7) is 8.79. The fourth-order valence-electron chi connectivity index (χ4n) is 3.39. The van der Waals surface area contributed by atoms with Crippen molar-refractivity contribution in [2.75, 3.05) is 26.2 Å². The van der Waals surface area contributed by atoms with Gasteiger partial charge in [0.2, 0.25) is 0 Å². The minimum absolute atomic E-state index is 0.180. The molecule has 0 radical (unpaired) electrons. The number of benzene rings is 1. The van der Waals surface area contributed by atoms with Crippen LogP contribution >= 0.6 is 0 Å². The van der Waals surface area contributed by atoms with Crippen molar-refractivity contribution in [1.29, 1.82) is 0 Å². The number of carbonyl (C=O) groups excluding carboxylic acids is 1. The number of guanidine groups is 1. The molecule has 0 aliphatic rings. The predicted octanol–water partition coefficient (Wildman–Crippen LogP) is 3.30. The number of rotatable bonds is 9. The second kappa shape index (κ2) is 10.5. The van der Waals surface area contributed by atoms with Gasteiger partial charge in [-0.05, 0) is 50.8 Å². The van der Waals surface area contributed by atoms with Gasteiger partial charge in [-0.25, -0.2) is 0 Å². The Morgan fingerprint density at radius 2 is 1.97 bits per heavy atom. The van der Waals surface area contributed by atoms with Crippen LogP contribution in [0.15, 0.2) is 46.1 Å². The first-order valence-corrected chi connectivity index (χ1v) is 10.5. The third-order valence-corrected chi connectivity index (χ3v) is 5.00. The molecule has 4 N–H and O–H groups in total. The van der Waals surface area contributed by atoms with Crippen LogP contribution in [-0.4, -0.2) is 43.0 Å². The highest BCUT2D eigenvalue weighted by molar-refractivity contribution is 5.92. The van der Waals surface area contributed by atoms with Crippen molar-refractivity contribution in [2.45, 2.75) is 33.6 Å². The maximum atomic E-state index is 12.0. The van der Waals surface area contributed by atoms with Crippen molar-refractivity contribution >= 4 is 22.8 Å². The molecule has 0 saturated heterocycles. The van der Waals surface area contributed by atoms with Crippen LogP contribution in [0.2, 0.25) is 0 Å². The summed E-state index contributed by atoms with van der Waals surface area (Å²) in [4.78, 5) is 20.0. The van der Waals surface area contributed by atoms with Gasteiger partial charge in [0.25, 0.3) is 5.91 Å². The second-order valence-electron chi connectivity index (χ2n) is 7.29. The molecular weight excluding hydrogens is 378 g/mol. The summed E-state index contributed by atoms with van der Waals surface area (Å²) in [5.41, 5.74) is 4.61. The number of amides is 1. The van der Waals surface area contributed by atoms with E-state index in [4.69, 9.17) is 4.42 Å². The minimum atomic E-state index is -0.180. The minimum Gasteiger partial charge on any atom is -0.459 e. The maximum Gasteiger partial charge on any atom is 0.287 e. The summed E-state index contributed by atoms with van der Waals surface area (Å²) in [6, 6.07) is 8.16. The van der Waals surface area contributed by atoms with Crippen molar-refractivity contribution in [2.24, 2.45) is 4.99 Å². The van der Waals surface area contributed by atoms with E-state index in [0.29, 0.717) is 18.8 Å². The standard InChI is InChI=1S/C23H31N5O2/c1-4-24-23(26-12-6-11-25-22(29)21-17(3)10-14-30-21)27-13-9-18-15-28-20-16(2)7-5-8-19(18)20/h5,7-8,10,14-15,28H,4,6,9,11-13H2,1-3H3,(H,25,29)(H2,24,26,27). The third kappa shape index (κ3) is 5.43. The number of aryl methyl sites for hydroxylation is 2. The number of furan rings is 1. The number of H-pyrrole nitrogens is 1. The van der Waals surface area contributed by atoms with Gasteiger partial charge in [-0.3, -0.25) is 9.79 Å². The molecule has 3 aromatic rings. The highest BCUT2D eigenvalue weighted by Gasteiger charge is 2.11. The van der Waals surface area contributed by atoms with Gasteiger partial charge in [-0.15, -0.1) is 0 Å². The van der Waals surface area contributed by atoms with Gasteiger partial charge in [-0.2, -0.15) is 0 Å². The number of aliphatic imine (C=N–C) groups is 1. The molecule has 3 rings (SSSR count). The Morgan fingerprint density at radius 3 is 2.73 bits per heavy atom. The fourth-order valence-corrected chi connectivity index (χ4v) is 3.39. The molecule has 1 aromatic carbocycles. The summed E-state index contributed by atoms with van der Waals surface area (Å²) in [5.74, 6) is 0.989. The van der Waals surface area contributed by atoms with E-state index in [0.717, 1.165) is 37.5 Å². The molecule has 0 aliphatic heterocycles. The summed E-state index contributed by atoms with van der Waals surface area (Å²) >= 11 is 0. The first-order valence-electron chi connectivity index (χ1n) is 10.5. The maximum absolute atomic E-state index is 12.0. The van der Waals surface area contributed by atoms with Crippen LogP contribution in [0.5, 0.6) is 0 Å². The summed E-state index contributed by atoms with van der Waals surface area (Å²) in [6.07, 6.45) is 5.28. The molecule has 7 heteroatoms. The quantitative estimate of drug-likeness (QED) is 0.248. The van der Waals surface area contributed by atoms with E-state index in [9.17, 15) is 4.79 Å². The van der Waals surface area contributed by atoms with Crippen LogP contribution < -0.4 is 16.0 Å². The van der Waals surface area contributed by atoms with Crippen molar-refractivity contribution in [1.82, 2.24) is 20.9 Å². The van der Waals surface area contributed by atoms with E-state index in [-0.39, 0.29) is 5.91 Å². The van der Waals surface area contributed by atoms with Gasteiger partial charge < -0.3 is 25.4 Å². The number of aromatic nitrogens is 1. The highest BCUT2D eigenvalue weighted by Crippen LogP contribution is 2.21. The topological polar surface area (TPSA) is 94.4 Å². The van der Waals surface area contributed by atoms with Crippen LogP contribution in [0.4, 0.5) is 0 Å². The molecule has 0 bridgehead atoms. The van der Waals surface area contributed by atoms with Gasteiger partial charge in [-0.1, -0.05) is 18.2 Å². The van der Waals surface area contributed by atoms with Crippen LogP contribution in [0.25, 0.3) is 10.9 Å². The lowest BCUT2D eigenvalue weighted by atomic mass is 10.1. The molecule has 30 heavy (non-hydrogen) atoms. The summed E-state index contributed by atoms with van der Waals surface area (Å²) in [5, 5.41) is 10.8. The normalized spacial score (nSPS) is 11.6. The number of hydrogen-bond acceptors (Lipinski definition) is 3. The smallest absolute Gasteiger partial charge is 0.287 e. The van der Waals surface area contributed by atoms with Crippen molar-refractivity contribution in [3.63, 3.8) is 0 Å². The Morgan fingerprint density at radius 1 is 1.10 bits per heavy atom. The number of hydrogen-bond donors (Lipinski definition) is 4. The molecule has 0 spiro atoms. The SMILES string of the molecule is CCNC(=NCCCNC(=O)c1occc1C)NCCc1c[nH]c2c(C)cccc12. The van der Waals surface area contributed by atoms with Gasteiger partial charge in [0, 0.05) is 48.8 Å². The molecule has 2 heterocycles. The highest BCUT2D eigenvalue weighted by atomic mass is 16.3. The lowest BCUT2D eigenvalue weighted by Crippen LogP contribution is -2.38. The Balaban J connectivity index is 1.43. The zero-order chi connectivity index (χ0) is 21.3. The van der Waals surface area contributed by atoms with Gasteiger partial charge >= 0.3 is 0 Å². The predicted molar refractivity (Wildman–Crippen MR) is 121 cm³/mol. The Labute approximate surface area is 177 Å². The number of aromatic amines is 1. The Hall–Kier alpha value is -3.22.